The first-order valence-electron chi connectivity index (χ1n) is 11.1. The first kappa shape index (κ1) is 23.0. The number of hydrogen-bond donors (Lipinski definition) is 2. The van der Waals surface area contributed by atoms with Crippen LogP contribution < -0.4 is 0 Å². The van der Waals surface area contributed by atoms with Crippen LogP contribution in [0.25, 0.3) is 0 Å². The van der Waals surface area contributed by atoms with E-state index in [0.717, 1.165) is 31.3 Å². The van der Waals surface area contributed by atoms with Crippen molar-refractivity contribution in [2.24, 2.45) is 5.41 Å². The molecule has 0 bridgehead atoms. The van der Waals surface area contributed by atoms with Crippen molar-refractivity contribution in [2.75, 3.05) is 0 Å². The predicted molar refractivity (Wildman–Crippen MR) is 116 cm³/mol. The van der Waals surface area contributed by atoms with E-state index in [1.807, 2.05) is 6.08 Å². The number of aliphatic hydroxyl groups is 2. The van der Waals surface area contributed by atoms with Crippen LogP contribution in [-0.4, -0.2) is 34.9 Å². The highest BCUT2D eigenvalue weighted by Crippen LogP contribution is 2.42. The molecule has 2 N–H and O–H groups in total. The zero-order valence-electron chi connectivity index (χ0n) is 18.7. The Morgan fingerprint density at radius 3 is 2.67 bits per heavy atom. The molecule has 3 atom stereocenters. The summed E-state index contributed by atoms with van der Waals surface area (Å²) in [5, 5.41) is 20.1. The second-order valence-corrected chi connectivity index (χ2v) is 9.51. The Bertz CT molecular complexity index is 783. The van der Waals surface area contributed by atoms with Crippen LogP contribution in [0.15, 0.2) is 46.1 Å². The zero-order chi connectivity index (χ0) is 21.9. The fourth-order valence-electron chi connectivity index (χ4n) is 4.91. The highest BCUT2D eigenvalue weighted by atomic mass is 16.6. The molecule has 0 saturated carbocycles. The molecule has 0 aromatic rings. The fourth-order valence-corrected chi connectivity index (χ4v) is 4.91. The minimum atomic E-state index is -1.27. The normalized spacial score (nSPS) is 29.6. The van der Waals surface area contributed by atoms with Crippen LogP contribution in [0, 0.1) is 5.41 Å². The number of hydrogen-bond acceptors (Lipinski definition) is 5. The van der Waals surface area contributed by atoms with Gasteiger partial charge in [-0.3, -0.25) is 0 Å². The van der Waals surface area contributed by atoms with Gasteiger partial charge in [-0.1, -0.05) is 42.7 Å². The maximum absolute atomic E-state index is 11.3. The first-order valence-corrected chi connectivity index (χ1v) is 11.1. The quantitative estimate of drug-likeness (QED) is 0.458. The minimum Gasteiger partial charge on any atom is -0.429 e. The Hall–Kier alpha value is -1.69. The third-order valence-electron chi connectivity index (χ3n) is 6.75. The molecule has 0 radical (unpaired) electrons. The molecule has 2 aliphatic heterocycles. The van der Waals surface area contributed by atoms with E-state index in [0.29, 0.717) is 17.4 Å². The van der Waals surface area contributed by atoms with E-state index in [1.54, 1.807) is 11.1 Å². The minimum absolute atomic E-state index is 0.325. The highest BCUT2D eigenvalue weighted by Gasteiger charge is 2.34. The molecule has 3 rings (SSSR count). The average molecular weight is 417 g/mol. The van der Waals surface area contributed by atoms with E-state index in [-0.39, 0.29) is 0 Å². The van der Waals surface area contributed by atoms with Crippen molar-refractivity contribution < 1.29 is 24.5 Å². The Balaban J connectivity index is 1.49. The van der Waals surface area contributed by atoms with Gasteiger partial charge in [0.1, 0.15) is 0 Å². The van der Waals surface area contributed by atoms with Crippen LogP contribution >= 0.6 is 0 Å². The monoisotopic (exact) mass is 416 g/mol. The molecule has 166 valence electrons. The third-order valence-corrected chi connectivity index (χ3v) is 6.75. The summed E-state index contributed by atoms with van der Waals surface area (Å²) in [5.41, 5.74) is 6.15. The fraction of sp³-hybridized carbons (Fsp3) is 0.640. The number of cyclic esters (lactones) is 1. The van der Waals surface area contributed by atoms with Crippen LogP contribution in [0.3, 0.4) is 0 Å². The summed E-state index contributed by atoms with van der Waals surface area (Å²) >= 11 is 0. The van der Waals surface area contributed by atoms with Gasteiger partial charge in [0.25, 0.3) is 0 Å². The zero-order valence-corrected chi connectivity index (χ0v) is 18.7. The van der Waals surface area contributed by atoms with Crippen molar-refractivity contribution in [1.82, 2.24) is 0 Å². The number of esters is 1. The molecule has 0 spiro atoms. The molecule has 5 heteroatoms. The Kier molecular flexibility index (Phi) is 7.38. The predicted octanol–water partition coefficient (Wildman–Crippen LogP) is 4.86. The van der Waals surface area contributed by atoms with Crippen molar-refractivity contribution in [3.05, 3.63) is 46.1 Å². The summed E-state index contributed by atoms with van der Waals surface area (Å²) < 4.78 is 10.3. The number of ether oxygens (including phenoxy) is 2. The molecule has 30 heavy (non-hydrogen) atoms. The van der Waals surface area contributed by atoms with E-state index in [9.17, 15) is 15.0 Å². The van der Waals surface area contributed by atoms with Gasteiger partial charge in [-0.25, -0.2) is 4.79 Å². The maximum Gasteiger partial charge on any atom is 0.333 e. The SMILES string of the molecule is CC(=CCCC1=CC[C@H](C2=CC(=O)O[C@H]2O)O[C@H]1O)CCC1=C(C)CCCC1(C)C. The lowest BCUT2D eigenvalue weighted by molar-refractivity contribution is -0.155. The van der Waals surface area contributed by atoms with Crippen molar-refractivity contribution in [2.45, 2.75) is 97.7 Å². The Morgan fingerprint density at radius 2 is 2.03 bits per heavy atom. The lowest BCUT2D eigenvalue weighted by Gasteiger charge is -2.35. The number of carbonyl (C=O) groups is 1. The molecule has 0 aromatic heterocycles. The Labute approximate surface area is 180 Å². The van der Waals surface area contributed by atoms with E-state index in [1.165, 1.54) is 30.9 Å². The van der Waals surface area contributed by atoms with E-state index in [2.05, 4.69) is 33.8 Å². The number of rotatable bonds is 7. The summed E-state index contributed by atoms with van der Waals surface area (Å²) in [7, 11) is 0. The molecule has 0 fully saturated rings. The van der Waals surface area contributed by atoms with Gasteiger partial charge in [-0.05, 0) is 76.2 Å². The van der Waals surface area contributed by atoms with Gasteiger partial charge in [-0.2, -0.15) is 0 Å². The van der Waals surface area contributed by atoms with Crippen molar-refractivity contribution in [3.63, 3.8) is 0 Å². The molecule has 3 aliphatic rings. The standard InChI is InChI=1S/C25H36O5/c1-16(10-12-20-17(2)8-6-14-25(20,3)4)7-5-9-18-11-13-21(29-23(18)27)19-15-22(26)30-24(19)28/h7,11,15,21,23-24,27-28H,5-6,8-10,12-14H2,1-4H3/t21-,23-,24-/m1/s1. The van der Waals surface area contributed by atoms with E-state index < -0.39 is 24.7 Å². The number of aliphatic hydroxyl groups excluding tert-OH is 2. The molecule has 5 nitrogen and oxygen atoms in total. The molecular weight excluding hydrogens is 380 g/mol. The molecule has 0 amide bonds. The Morgan fingerprint density at radius 1 is 1.27 bits per heavy atom. The van der Waals surface area contributed by atoms with Gasteiger partial charge in [0.2, 0.25) is 6.29 Å². The molecule has 0 saturated heterocycles. The van der Waals surface area contributed by atoms with Crippen LogP contribution in [0.2, 0.25) is 0 Å². The lowest BCUT2D eigenvalue weighted by Crippen LogP contribution is -2.32. The van der Waals surface area contributed by atoms with Crippen molar-refractivity contribution >= 4 is 5.97 Å². The summed E-state index contributed by atoms with van der Waals surface area (Å²) in [6, 6.07) is 0. The molecule has 2 heterocycles. The van der Waals surface area contributed by atoms with E-state index in [4.69, 9.17) is 9.47 Å². The first-order chi connectivity index (χ1) is 14.2. The maximum atomic E-state index is 11.3. The van der Waals surface area contributed by atoms with Gasteiger partial charge in [0, 0.05) is 11.6 Å². The van der Waals surface area contributed by atoms with E-state index >= 15 is 0 Å². The lowest BCUT2D eigenvalue weighted by atomic mass is 9.71. The molecular formula is C25H36O5. The molecule has 0 aromatic carbocycles. The summed E-state index contributed by atoms with van der Waals surface area (Å²) in [6.45, 7) is 9.23. The average Bonchev–Trinajstić information content (AvgIpc) is 3.00. The summed E-state index contributed by atoms with van der Waals surface area (Å²) in [6.07, 6.45) is 10.8. The van der Waals surface area contributed by atoms with Crippen molar-refractivity contribution in [1.29, 1.82) is 0 Å². The summed E-state index contributed by atoms with van der Waals surface area (Å²) in [5.74, 6) is -0.575. The summed E-state index contributed by atoms with van der Waals surface area (Å²) in [4.78, 5) is 11.3. The number of carbonyl (C=O) groups excluding carboxylic acids is 1. The third kappa shape index (κ3) is 5.51. The molecule has 0 unspecified atom stereocenters. The second-order valence-electron chi connectivity index (χ2n) is 9.51. The second kappa shape index (κ2) is 9.63. The van der Waals surface area contributed by atoms with Gasteiger partial charge >= 0.3 is 5.97 Å². The molecule has 1 aliphatic carbocycles. The number of allylic oxidation sites excluding steroid dienone is 4. The van der Waals surface area contributed by atoms with Gasteiger partial charge < -0.3 is 19.7 Å². The van der Waals surface area contributed by atoms with Crippen LogP contribution in [0.4, 0.5) is 0 Å². The topological polar surface area (TPSA) is 76.0 Å². The van der Waals surface area contributed by atoms with Gasteiger partial charge in [-0.15, -0.1) is 0 Å². The van der Waals surface area contributed by atoms with Crippen molar-refractivity contribution in [3.8, 4) is 0 Å². The van der Waals surface area contributed by atoms with Gasteiger partial charge in [0.15, 0.2) is 6.29 Å². The van der Waals surface area contributed by atoms with Gasteiger partial charge in [0.05, 0.1) is 6.10 Å². The highest BCUT2D eigenvalue weighted by molar-refractivity contribution is 5.85. The largest absolute Gasteiger partial charge is 0.429 e. The smallest absolute Gasteiger partial charge is 0.333 e. The van der Waals surface area contributed by atoms with Crippen LogP contribution in [0.5, 0.6) is 0 Å². The van der Waals surface area contributed by atoms with Crippen LogP contribution in [0.1, 0.15) is 79.1 Å². The van der Waals surface area contributed by atoms with Crippen LogP contribution in [-0.2, 0) is 14.3 Å².